The van der Waals surface area contributed by atoms with Gasteiger partial charge in [-0.2, -0.15) is 0 Å². The highest BCUT2D eigenvalue weighted by Gasteiger charge is 2.17. The van der Waals surface area contributed by atoms with Crippen molar-refractivity contribution in [3.8, 4) is 0 Å². The molecule has 1 fully saturated rings. The molecule has 1 aliphatic heterocycles. The van der Waals surface area contributed by atoms with Gasteiger partial charge in [0.05, 0.1) is 0 Å². The van der Waals surface area contributed by atoms with Crippen LogP contribution in [0.15, 0.2) is 24.3 Å². The van der Waals surface area contributed by atoms with Gasteiger partial charge in [-0.15, -0.1) is 0 Å². The number of carbonyl (C=O) groups excluding carboxylic acids is 1. The minimum Gasteiger partial charge on any atom is -0.389 e. The van der Waals surface area contributed by atoms with Gasteiger partial charge in [-0.05, 0) is 44.0 Å². The molecule has 5 heteroatoms. The van der Waals surface area contributed by atoms with E-state index in [0.717, 1.165) is 36.7 Å². The standard InChI is InChI=1S/C16H23N3OS/c1-12-7-9-19(11-12)8-3-6-15(20)18-14-5-2-4-13(10-14)16(17)21/h2,4-5,10,12H,3,6-9,11H2,1H3,(H2,17,21)(H,18,20). The van der Waals surface area contributed by atoms with Crippen LogP contribution in [0.4, 0.5) is 5.69 Å². The Kier molecular flexibility index (Phi) is 5.70. The van der Waals surface area contributed by atoms with Crippen LogP contribution >= 0.6 is 12.2 Å². The Hall–Kier alpha value is -1.46. The number of hydrogen-bond donors (Lipinski definition) is 2. The first-order valence-corrected chi connectivity index (χ1v) is 7.87. The number of hydrogen-bond acceptors (Lipinski definition) is 3. The SMILES string of the molecule is CC1CCN(CCCC(=O)Nc2cccc(C(N)=S)c2)C1. The van der Waals surface area contributed by atoms with Crippen molar-refractivity contribution in [3.63, 3.8) is 0 Å². The summed E-state index contributed by atoms with van der Waals surface area (Å²) < 4.78 is 0. The first-order valence-electron chi connectivity index (χ1n) is 7.46. The Morgan fingerprint density at radius 2 is 2.33 bits per heavy atom. The lowest BCUT2D eigenvalue weighted by molar-refractivity contribution is -0.116. The highest BCUT2D eigenvalue weighted by atomic mass is 32.1. The number of rotatable bonds is 6. The second-order valence-corrected chi connectivity index (χ2v) is 6.23. The molecule has 1 heterocycles. The van der Waals surface area contributed by atoms with Gasteiger partial charge in [0, 0.05) is 24.2 Å². The van der Waals surface area contributed by atoms with Gasteiger partial charge >= 0.3 is 0 Å². The second kappa shape index (κ2) is 7.52. The lowest BCUT2D eigenvalue weighted by atomic mass is 10.2. The normalized spacial score (nSPS) is 18.6. The minimum atomic E-state index is 0.0438. The van der Waals surface area contributed by atoms with Crippen molar-refractivity contribution >= 4 is 28.8 Å². The van der Waals surface area contributed by atoms with Gasteiger partial charge in [-0.1, -0.05) is 31.3 Å². The molecule has 1 unspecified atom stereocenters. The van der Waals surface area contributed by atoms with Crippen LogP contribution in [0.3, 0.4) is 0 Å². The fourth-order valence-corrected chi connectivity index (χ4v) is 2.79. The first-order chi connectivity index (χ1) is 10.0. The van der Waals surface area contributed by atoms with Crippen LogP contribution in [0.5, 0.6) is 0 Å². The molecule has 0 aromatic heterocycles. The van der Waals surface area contributed by atoms with Crippen molar-refractivity contribution in [1.82, 2.24) is 4.90 Å². The summed E-state index contributed by atoms with van der Waals surface area (Å²) in [7, 11) is 0. The minimum absolute atomic E-state index is 0.0438. The summed E-state index contributed by atoms with van der Waals surface area (Å²) in [5.41, 5.74) is 7.11. The van der Waals surface area contributed by atoms with Crippen molar-refractivity contribution < 1.29 is 4.79 Å². The van der Waals surface area contributed by atoms with E-state index in [0.29, 0.717) is 11.4 Å². The third-order valence-corrected chi connectivity index (χ3v) is 4.05. The quantitative estimate of drug-likeness (QED) is 0.792. The largest absolute Gasteiger partial charge is 0.389 e. The first kappa shape index (κ1) is 15.9. The van der Waals surface area contributed by atoms with Gasteiger partial charge in [0.25, 0.3) is 0 Å². The number of benzene rings is 1. The predicted molar refractivity (Wildman–Crippen MR) is 90.4 cm³/mol. The van der Waals surface area contributed by atoms with Crippen LogP contribution in [0.1, 0.15) is 31.7 Å². The number of nitrogens with two attached hydrogens (primary N) is 1. The van der Waals surface area contributed by atoms with E-state index in [1.165, 1.54) is 13.0 Å². The Bertz CT molecular complexity index is 518. The van der Waals surface area contributed by atoms with Crippen LogP contribution in [0.2, 0.25) is 0 Å². The highest BCUT2D eigenvalue weighted by Crippen LogP contribution is 2.15. The number of carbonyl (C=O) groups is 1. The van der Waals surface area contributed by atoms with Gasteiger partial charge in [-0.25, -0.2) is 0 Å². The van der Waals surface area contributed by atoms with E-state index in [1.54, 1.807) is 0 Å². The number of likely N-dealkylation sites (tertiary alicyclic amines) is 1. The van der Waals surface area contributed by atoms with E-state index >= 15 is 0 Å². The van der Waals surface area contributed by atoms with E-state index < -0.39 is 0 Å². The summed E-state index contributed by atoms with van der Waals surface area (Å²) in [6.45, 7) is 5.61. The van der Waals surface area contributed by atoms with Gasteiger partial charge in [-0.3, -0.25) is 4.79 Å². The summed E-state index contributed by atoms with van der Waals surface area (Å²) >= 11 is 4.94. The number of nitrogens with zero attached hydrogens (tertiary/aromatic N) is 1. The van der Waals surface area contributed by atoms with Crippen LogP contribution in [-0.2, 0) is 4.79 Å². The Morgan fingerprint density at radius 3 is 3.00 bits per heavy atom. The van der Waals surface area contributed by atoms with Crippen LogP contribution < -0.4 is 11.1 Å². The van der Waals surface area contributed by atoms with Crippen molar-refractivity contribution in [3.05, 3.63) is 29.8 Å². The van der Waals surface area contributed by atoms with E-state index in [4.69, 9.17) is 18.0 Å². The van der Waals surface area contributed by atoms with E-state index in [2.05, 4.69) is 17.1 Å². The molecular formula is C16H23N3OS. The molecule has 3 N–H and O–H groups in total. The van der Waals surface area contributed by atoms with Crippen molar-refractivity contribution in [2.45, 2.75) is 26.2 Å². The summed E-state index contributed by atoms with van der Waals surface area (Å²) in [6, 6.07) is 7.34. The van der Waals surface area contributed by atoms with Crippen LogP contribution in [0.25, 0.3) is 0 Å². The molecule has 21 heavy (non-hydrogen) atoms. The van der Waals surface area contributed by atoms with Crippen molar-refractivity contribution in [2.24, 2.45) is 11.7 Å². The molecule has 1 atom stereocenters. The topological polar surface area (TPSA) is 58.4 Å². The fraction of sp³-hybridized carbons (Fsp3) is 0.500. The molecule has 4 nitrogen and oxygen atoms in total. The third-order valence-electron chi connectivity index (χ3n) is 3.82. The lowest BCUT2D eigenvalue weighted by Crippen LogP contribution is -2.23. The molecular weight excluding hydrogens is 282 g/mol. The van der Waals surface area contributed by atoms with Crippen LogP contribution in [0, 0.1) is 5.92 Å². The monoisotopic (exact) mass is 305 g/mol. The molecule has 1 saturated heterocycles. The predicted octanol–water partition coefficient (Wildman–Crippen LogP) is 2.38. The summed E-state index contributed by atoms with van der Waals surface area (Å²) in [5, 5.41) is 2.90. The molecule has 2 rings (SSSR count). The Balaban J connectivity index is 1.74. The third kappa shape index (κ3) is 5.10. The number of amides is 1. The number of thiocarbonyl (C=S) groups is 1. The zero-order valence-corrected chi connectivity index (χ0v) is 13.3. The maximum Gasteiger partial charge on any atom is 0.224 e. The van der Waals surface area contributed by atoms with E-state index in [9.17, 15) is 4.79 Å². The Labute approximate surface area is 131 Å². The van der Waals surface area contributed by atoms with Gasteiger partial charge < -0.3 is 16.0 Å². The molecule has 0 saturated carbocycles. The second-order valence-electron chi connectivity index (χ2n) is 5.79. The number of nitrogens with one attached hydrogen (secondary N) is 1. The zero-order chi connectivity index (χ0) is 15.2. The van der Waals surface area contributed by atoms with Crippen molar-refractivity contribution in [2.75, 3.05) is 25.0 Å². The maximum atomic E-state index is 11.9. The molecule has 1 aliphatic rings. The van der Waals surface area contributed by atoms with E-state index in [-0.39, 0.29) is 5.91 Å². The maximum absolute atomic E-state index is 11.9. The summed E-state index contributed by atoms with van der Waals surface area (Å²) in [6.07, 6.45) is 2.72. The van der Waals surface area contributed by atoms with Gasteiger partial charge in [0.1, 0.15) is 4.99 Å². The molecule has 114 valence electrons. The lowest BCUT2D eigenvalue weighted by Gasteiger charge is -2.14. The molecule has 1 amide bonds. The van der Waals surface area contributed by atoms with Gasteiger partial charge in [0.2, 0.25) is 5.91 Å². The molecule has 1 aromatic rings. The molecule has 0 spiro atoms. The summed E-state index contributed by atoms with van der Waals surface area (Å²) in [4.78, 5) is 14.7. The highest BCUT2D eigenvalue weighted by molar-refractivity contribution is 7.80. The molecule has 0 bridgehead atoms. The average Bonchev–Trinajstić information content (AvgIpc) is 2.84. The fourth-order valence-electron chi connectivity index (χ4n) is 2.67. The Morgan fingerprint density at radius 1 is 1.52 bits per heavy atom. The average molecular weight is 305 g/mol. The number of anilines is 1. The van der Waals surface area contributed by atoms with E-state index in [1.807, 2.05) is 24.3 Å². The summed E-state index contributed by atoms with van der Waals surface area (Å²) in [5.74, 6) is 0.837. The van der Waals surface area contributed by atoms with Gasteiger partial charge in [0.15, 0.2) is 0 Å². The zero-order valence-electron chi connectivity index (χ0n) is 12.5. The van der Waals surface area contributed by atoms with Crippen molar-refractivity contribution in [1.29, 1.82) is 0 Å². The molecule has 0 aliphatic carbocycles. The van der Waals surface area contributed by atoms with Crippen LogP contribution in [-0.4, -0.2) is 35.4 Å². The smallest absolute Gasteiger partial charge is 0.224 e. The molecule has 0 radical (unpaired) electrons. The molecule has 1 aromatic carbocycles.